The first-order valence-electron chi connectivity index (χ1n) is 6.10. The van der Waals surface area contributed by atoms with E-state index in [1.807, 2.05) is 5.92 Å². The van der Waals surface area contributed by atoms with E-state index in [0.29, 0.717) is 11.3 Å². The second kappa shape index (κ2) is 6.71. The molecule has 0 saturated heterocycles. The first-order chi connectivity index (χ1) is 11.3. The lowest BCUT2D eigenvalue weighted by Crippen LogP contribution is -2.16. The number of anilines is 1. The van der Waals surface area contributed by atoms with Crippen LogP contribution >= 0.6 is 11.3 Å². The van der Waals surface area contributed by atoms with Crippen LogP contribution in [0, 0.1) is 12.3 Å². The molecule has 0 saturated carbocycles. The van der Waals surface area contributed by atoms with E-state index in [-0.39, 0.29) is 22.5 Å². The van der Waals surface area contributed by atoms with Gasteiger partial charge in [0, 0.05) is 0 Å². The van der Waals surface area contributed by atoms with Crippen LogP contribution in [0.3, 0.4) is 0 Å². The summed E-state index contributed by atoms with van der Waals surface area (Å²) in [6.45, 7) is 0. The summed E-state index contributed by atoms with van der Waals surface area (Å²) in [5, 5.41) is 1.88. The molecule has 0 fully saturated rings. The molecule has 2 rings (SSSR count). The van der Waals surface area contributed by atoms with Crippen molar-refractivity contribution in [3.05, 3.63) is 22.5 Å². The van der Waals surface area contributed by atoms with Gasteiger partial charge in [-0.05, 0) is 0 Å². The zero-order valence-electron chi connectivity index (χ0n) is 12.3. The summed E-state index contributed by atoms with van der Waals surface area (Å²) >= 11 is 0.515. The maximum Gasteiger partial charge on any atom is 0.435 e. The number of thiazole rings is 1. The minimum absolute atomic E-state index is 0.107. The van der Waals surface area contributed by atoms with Crippen molar-refractivity contribution >= 4 is 22.4 Å². The molecule has 0 aliphatic rings. The van der Waals surface area contributed by atoms with E-state index in [1.165, 1.54) is 14.2 Å². The van der Waals surface area contributed by atoms with Crippen LogP contribution in [-0.2, 0) is 6.18 Å². The molecule has 1 N–H and O–H groups in total. The highest BCUT2D eigenvalue weighted by molar-refractivity contribution is 7.16. The van der Waals surface area contributed by atoms with Gasteiger partial charge in [-0.1, -0.05) is 17.3 Å². The topological polar surface area (TPSA) is 86.2 Å². The first kappa shape index (κ1) is 17.5. The fourth-order valence-corrected chi connectivity index (χ4v) is 2.47. The number of nitrogens with zero attached hydrogens (tertiary/aromatic N) is 3. The molecular weight excluding hydrogens is 349 g/mol. The van der Waals surface area contributed by atoms with Crippen LogP contribution in [0.25, 0.3) is 0 Å². The van der Waals surface area contributed by atoms with Gasteiger partial charge in [0.05, 0.1) is 14.2 Å². The Hall–Kier alpha value is -2.87. The van der Waals surface area contributed by atoms with Crippen LogP contribution < -0.4 is 14.8 Å². The fraction of sp³-hybridized carbons (Fsp3) is 0.231. The van der Waals surface area contributed by atoms with E-state index < -0.39 is 22.7 Å². The number of amides is 1. The van der Waals surface area contributed by atoms with Gasteiger partial charge in [-0.15, -0.1) is 6.42 Å². The van der Waals surface area contributed by atoms with E-state index in [0.717, 1.165) is 6.33 Å². The summed E-state index contributed by atoms with van der Waals surface area (Å²) in [5.74, 6) is 0.825. The van der Waals surface area contributed by atoms with Crippen molar-refractivity contribution in [1.29, 1.82) is 0 Å². The molecule has 0 radical (unpaired) electrons. The second-order valence-corrected chi connectivity index (χ2v) is 5.06. The zero-order chi connectivity index (χ0) is 17.9. The molecule has 2 heterocycles. The fourth-order valence-electron chi connectivity index (χ4n) is 1.68. The number of carbonyl (C=O) groups excluding carboxylic acids is 1. The monoisotopic (exact) mass is 358 g/mol. The van der Waals surface area contributed by atoms with Crippen molar-refractivity contribution in [3.63, 3.8) is 0 Å². The van der Waals surface area contributed by atoms with Crippen molar-refractivity contribution in [2.75, 3.05) is 19.5 Å². The van der Waals surface area contributed by atoms with Crippen LogP contribution in [0.5, 0.6) is 11.8 Å². The van der Waals surface area contributed by atoms with E-state index in [9.17, 15) is 18.0 Å². The summed E-state index contributed by atoms with van der Waals surface area (Å²) < 4.78 is 48.3. The highest BCUT2D eigenvalue weighted by Crippen LogP contribution is 2.36. The number of methoxy groups -OCH3 is 2. The Morgan fingerprint density at radius 3 is 2.29 bits per heavy atom. The van der Waals surface area contributed by atoms with E-state index >= 15 is 0 Å². The number of carbonyl (C=O) groups is 1. The van der Waals surface area contributed by atoms with Gasteiger partial charge in [0.2, 0.25) is 11.8 Å². The maximum absolute atomic E-state index is 12.8. The molecule has 1 amide bonds. The van der Waals surface area contributed by atoms with Crippen LogP contribution in [0.4, 0.5) is 18.3 Å². The molecule has 0 aliphatic carbocycles. The van der Waals surface area contributed by atoms with E-state index in [4.69, 9.17) is 15.9 Å². The molecule has 7 nitrogen and oxygen atoms in total. The van der Waals surface area contributed by atoms with Gasteiger partial charge in [0.1, 0.15) is 11.2 Å². The van der Waals surface area contributed by atoms with Gasteiger partial charge in [0.15, 0.2) is 16.4 Å². The van der Waals surface area contributed by atoms with Crippen LogP contribution in [0.1, 0.15) is 20.9 Å². The standard InChI is InChI=1S/C13H9F3N4O3S/c1-4-6-8(13(14,15)16)19-12(24-6)20-9(21)7-10(22-2)17-5-18-11(7)23-3/h1,5H,2-3H3,(H,19,20,21). The molecule has 0 aromatic carbocycles. The summed E-state index contributed by atoms with van der Waals surface area (Å²) in [6, 6.07) is 0. The lowest BCUT2D eigenvalue weighted by Gasteiger charge is -2.09. The first-order valence-corrected chi connectivity index (χ1v) is 6.92. The van der Waals surface area contributed by atoms with Crippen LogP contribution in [0.2, 0.25) is 0 Å². The Labute approximate surface area is 137 Å². The molecule has 24 heavy (non-hydrogen) atoms. The molecule has 0 bridgehead atoms. The summed E-state index contributed by atoms with van der Waals surface area (Å²) in [5.41, 5.74) is -1.43. The molecule has 0 atom stereocenters. The lowest BCUT2D eigenvalue weighted by atomic mass is 10.3. The summed E-state index contributed by atoms with van der Waals surface area (Å²) in [4.78, 5) is 22.7. The SMILES string of the molecule is C#Cc1sc(NC(=O)c2c(OC)ncnc2OC)nc1C(F)(F)F. The number of nitrogens with one attached hydrogen (secondary N) is 1. The molecule has 11 heteroatoms. The largest absolute Gasteiger partial charge is 0.480 e. The molecule has 126 valence electrons. The van der Waals surface area contributed by atoms with Gasteiger partial charge in [-0.2, -0.15) is 13.2 Å². The third-order valence-corrected chi connectivity index (χ3v) is 3.54. The van der Waals surface area contributed by atoms with Gasteiger partial charge in [-0.25, -0.2) is 15.0 Å². The third-order valence-electron chi connectivity index (χ3n) is 2.64. The molecule has 0 aliphatic heterocycles. The summed E-state index contributed by atoms with van der Waals surface area (Å²) in [7, 11) is 2.53. The quantitative estimate of drug-likeness (QED) is 0.844. The minimum Gasteiger partial charge on any atom is -0.480 e. The molecule has 0 spiro atoms. The van der Waals surface area contributed by atoms with Crippen molar-refractivity contribution in [3.8, 4) is 24.1 Å². The third kappa shape index (κ3) is 3.38. The lowest BCUT2D eigenvalue weighted by molar-refractivity contribution is -0.140. The zero-order valence-corrected chi connectivity index (χ0v) is 13.1. The number of terminal acetylenes is 1. The maximum atomic E-state index is 12.8. The molecular formula is C13H9F3N4O3S. The predicted octanol–water partition coefficient (Wildman–Crippen LogP) is 2.20. The van der Waals surface area contributed by atoms with Crippen molar-refractivity contribution in [2.24, 2.45) is 0 Å². The molecule has 2 aromatic heterocycles. The average Bonchev–Trinajstić information content (AvgIpc) is 2.97. The number of rotatable bonds is 4. The average molecular weight is 358 g/mol. The van der Waals surface area contributed by atoms with Crippen LogP contribution in [-0.4, -0.2) is 35.1 Å². The predicted molar refractivity (Wildman–Crippen MR) is 78.1 cm³/mol. The van der Waals surface area contributed by atoms with Crippen molar-refractivity contribution in [2.45, 2.75) is 6.18 Å². The van der Waals surface area contributed by atoms with Gasteiger partial charge >= 0.3 is 6.18 Å². The number of ether oxygens (including phenoxy) is 2. The van der Waals surface area contributed by atoms with Gasteiger partial charge < -0.3 is 9.47 Å². The number of halogens is 3. The highest BCUT2D eigenvalue weighted by atomic mass is 32.1. The normalized spacial score (nSPS) is 10.8. The minimum atomic E-state index is -4.73. The Balaban J connectivity index is 2.38. The number of hydrogen-bond acceptors (Lipinski definition) is 7. The van der Waals surface area contributed by atoms with E-state index in [1.54, 1.807) is 0 Å². The van der Waals surface area contributed by atoms with Crippen molar-refractivity contribution in [1.82, 2.24) is 15.0 Å². The smallest absolute Gasteiger partial charge is 0.435 e. The van der Waals surface area contributed by atoms with Gasteiger partial charge in [0.25, 0.3) is 5.91 Å². The Bertz CT molecular complexity index is 792. The summed E-state index contributed by atoms with van der Waals surface area (Å²) in [6.07, 6.45) is 1.42. The number of alkyl halides is 3. The van der Waals surface area contributed by atoms with Crippen LogP contribution in [0.15, 0.2) is 6.33 Å². The number of aromatic nitrogens is 3. The Morgan fingerprint density at radius 2 is 1.88 bits per heavy atom. The molecule has 2 aromatic rings. The Morgan fingerprint density at radius 1 is 1.29 bits per heavy atom. The number of hydrogen-bond donors (Lipinski definition) is 1. The second-order valence-electron chi connectivity index (χ2n) is 4.06. The highest BCUT2D eigenvalue weighted by Gasteiger charge is 2.37. The Kier molecular flexibility index (Phi) is 4.89. The van der Waals surface area contributed by atoms with Gasteiger partial charge in [-0.3, -0.25) is 10.1 Å². The van der Waals surface area contributed by atoms with Crippen molar-refractivity contribution < 1.29 is 27.4 Å². The van der Waals surface area contributed by atoms with E-state index in [2.05, 4.69) is 20.3 Å². The molecule has 0 unspecified atom stereocenters.